The maximum Gasteiger partial charge on any atom is 0.285 e. The van der Waals surface area contributed by atoms with E-state index in [-0.39, 0.29) is 5.75 Å². The van der Waals surface area contributed by atoms with E-state index in [1.165, 1.54) is 6.26 Å². The van der Waals surface area contributed by atoms with Crippen LogP contribution in [-0.2, 0) is 15.5 Å². The van der Waals surface area contributed by atoms with Crippen molar-refractivity contribution in [2.75, 3.05) is 6.26 Å². The van der Waals surface area contributed by atoms with Crippen molar-refractivity contribution < 1.29 is 13.5 Å². The van der Waals surface area contributed by atoms with Crippen LogP contribution in [-0.4, -0.2) is 26.5 Å². The highest BCUT2D eigenvalue weighted by Gasteiger charge is 2.12. The third-order valence-corrected chi connectivity index (χ3v) is 5.13. The van der Waals surface area contributed by atoms with Gasteiger partial charge in [-0.1, -0.05) is 29.4 Å². The van der Waals surface area contributed by atoms with E-state index < -0.39 is 15.6 Å². The molecule has 2 aromatic carbocycles. The zero-order chi connectivity index (χ0) is 19.4. The second-order valence-electron chi connectivity index (χ2n) is 6.02. The van der Waals surface area contributed by atoms with E-state index >= 15 is 0 Å². The molecule has 0 saturated heterocycles. The minimum Gasteiger partial charge on any atom is -0.339 e. The maximum absolute atomic E-state index is 12.7. The van der Waals surface area contributed by atoms with E-state index in [1.807, 2.05) is 6.07 Å². The molecule has 3 aromatic rings. The van der Waals surface area contributed by atoms with Gasteiger partial charge in [0.2, 0.25) is 11.7 Å². The van der Waals surface area contributed by atoms with E-state index in [0.29, 0.717) is 28.4 Å². The Bertz CT molecular complexity index is 1130. The summed E-state index contributed by atoms with van der Waals surface area (Å²) in [7, 11) is -2.76. The van der Waals surface area contributed by atoms with Gasteiger partial charge in [0.25, 0.3) is 5.91 Å². The zero-order valence-corrected chi connectivity index (χ0v) is 15.6. The predicted octanol–water partition coefficient (Wildman–Crippen LogP) is 3.35. The highest BCUT2D eigenvalue weighted by Crippen LogP contribution is 2.17. The first kappa shape index (κ1) is 18.5. The van der Waals surface area contributed by atoms with Crippen molar-refractivity contribution in [1.29, 1.82) is 5.26 Å². The minimum atomic E-state index is -2.76. The van der Waals surface area contributed by atoms with E-state index in [9.17, 15) is 9.00 Å². The van der Waals surface area contributed by atoms with Gasteiger partial charge < -0.3 is 4.52 Å². The van der Waals surface area contributed by atoms with Crippen LogP contribution in [0.2, 0.25) is 0 Å². The molecule has 0 bridgehead atoms. The van der Waals surface area contributed by atoms with Gasteiger partial charge in [0, 0.05) is 24.3 Å². The summed E-state index contributed by atoms with van der Waals surface area (Å²) in [6.45, 7) is 1.69. The second kappa shape index (κ2) is 7.51. The molecule has 0 N–H and O–H groups in total. The molecule has 8 heteroatoms. The molecular formula is C19H16N4O3S. The highest BCUT2D eigenvalue weighted by molar-refractivity contribution is 7.92. The van der Waals surface area contributed by atoms with Gasteiger partial charge in [-0.25, -0.2) is 4.21 Å². The summed E-state index contributed by atoms with van der Waals surface area (Å²) in [5, 5.41) is 12.6. The lowest BCUT2D eigenvalue weighted by atomic mass is 10.1. The van der Waals surface area contributed by atoms with Crippen LogP contribution in [0, 0.1) is 18.3 Å². The number of nitrogens with zero attached hydrogens (tertiary/aromatic N) is 4. The fourth-order valence-electron chi connectivity index (χ4n) is 2.42. The Kier molecular flexibility index (Phi) is 5.14. The van der Waals surface area contributed by atoms with Crippen LogP contribution < -0.4 is 0 Å². The van der Waals surface area contributed by atoms with E-state index in [2.05, 4.69) is 14.5 Å². The van der Waals surface area contributed by atoms with Gasteiger partial charge >= 0.3 is 0 Å². The number of carbonyl (C=O) groups is 1. The van der Waals surface area contributed by atoms with Gasteiger partial charge in [-0.05, 0) is 29.8 Å². The molecule has 1 amide bonds. The number of aromatic nitrogens is 2. The average molecular weight is 380 g/mol. The molecule has 7 nitrogen and oxygen atoms in total. The van der Waals surface area contributed by atoms with Gasteiger partial charge in [0.05, 0.1) is 27.1 Å². The summed E-state index contributed by atoms with van der Waals surface area (Å²) in [6, 6.07) is 15.3. The van der Waals surface area contributed by atoms with Crippen molar-refractivity contribution in [3.63, 3.8) is 0 Å². The fourth-order valence-corrected chi connectivity index (χ4v) is 3.76. The largest absolute Gasteiger partial charge is 0.339 e. The van der Waals surface area contributed by atoms with Crippen LogP contribution >= 0.6 is 0 Å². The van der Waals surface area contributed by atoms with Crippen LogP contribution in [0.1, 0.15) is 27.4 Å². The predicted molar refractivity (Wildman–Crippen MR) is 100 cm³/mol. The third kappa shape index (κ3) is 4.65. The van der Waals surface area contributed by atoms with Crippen LogP contribution in [0.5, 0.6) is 0 Å². The van der Waals surface area contributed by atoms with Crippen molar-refractivity contribution >= 4 is 15.6 Å². The number of aryl methyl sites for hydroxylation is 1. The molecule has 0 saturated carbocycles. The first-order valence-corrected chi connectivity index (χ1v) is 10.1. The Labute approximate surface area is 156 Å². The molecule has 1 heterocycles. The zero-order valence-electron chi connectivity index (χ0n) is 14.7. The van der Waals surface area contributed by atoms with Gasteiger partial charge in [-0.15, -0.1) is 0 Å². The molecule has 3 rings (SSSR count). The van der Waals surface area contributed by atoms with Gasteiger partial charge in [0.1, 0.15) is 0 Å². The van der Waals surface area contributed by atoms with Crippen LogP contribution in [0.25, 0.3) is 11.4 Å². The Balaban J connectivity index is 1.77. The number of rotatable bonds is 4. The second-order valence-corrected chi connectivity index (χ2v) is 8.41. The minimum absolute atomic E-state index is 0.130. The molecule has 1 unspecified atom stereocenters. The Hall–Kier alpha value is -3.31. The fraction of sp³-hybridized carbons (Fsp3) is 0.158. The molecule has 0 fully saturated rings. The van der Waals surface area contributed by atoms with Crippen LogP contribution in [0.4, 0.5) is 0 Å². The Morgan fingerprint density at radius 2 is 1.85 bits per heavy atom. The smallest absolute Gasteiger partial charge is 0.285 e. The van der Waals surface area contributed by atoms with E-state index in [0.717, 1.165) is 5.56 Å². The summed E-state index contributed by atoms with van der Waals surface area (Å²) < 4.78 is 21.5. The molecule has 1 atom stereocenters. The summed E-state index contributed by atoms with van der Waals surface area (Å²) in [4.78, 5) is 16.5. The number of hydrogen-bond acceptors (Lipinski definition) is 6. The summed E-state index contributed by atoms with van der Waals surface area (Å²) in [5.41, 5.74) is 2.30. The lowest BCUT2D eigenvalue weighted by Crippen LogP contribution is -2.06. The lowest BCUT2D eigenvalue weighted by molar-refractivity contribution is 0.100. The standard InChI is InChI=1S/C19H16N4O3S/c1-13-21-18(22-26-13)16-7-9-17(10-8-16)19(24)23-27(2,25)12-15-5-3-14(11-20)4-6-15/h3-10H,12H2,1-2H3. The van der Waals surface area contributed by atoms with Crippen molar-refractivity contribution in [3.05, 3.63) is 71.1 Å². The number of carbonyl (C=O) groups excluding carboxylic acids is 1. The molecule has 0 aliphatic carbocycles. The molecule has 27 heavy (non-hydrogen) atoms. The first-order chi connectivity index (χ1) is 12.9. The van der Waals surface area contributed by atoms with Crippen LogP contribution in [0.3, 0.4) is 0 Å². The lowest BCUT2D eigenvalue weighted by Gasteiger charge is -2.05. The van der Waals surface area contributed by atoms with Crippen LogP contribution in [0.15, 0.2) is 57.4 Å². The van der Waals surface area contributed by atoms with E-state index in [1.54, 1.807) is 55.5 Å². The van der Waals surface area contributed by atoms with Crippen molar-refractivity contribution in [1.82, 2.24) is 10.1 Å². The normalized spacial score (nSPS) is 12.8. The molecule has 0 spiro atoms. The number of amides is 1. The Morgan fingerprint density at radius 1 is 1.19 bits per heavy atom. The Morgan fingerprint density at radius 3 is 2.41 bits per heavy atom. The van der Waals surface area contributed by atoms with Crippen molar-refractivity contribution in [2.45, 2.75) is 12.7 Å². The molecule has 0 aliphatic rings. The summed E-state index contributed by atoms with van der Waals surface area (Å²) >= 11 is 0. The SMILES string of the molecule is Cc1nc(-c2ccc(C(=O)N=S(C)(=O)Cc3ccc(C#N)cc3)cc2)no1. The summed E-state index contributed by atoms with van der Waals surface area (Å²) in [5.74, 6) is 0.467. The van der Waals surface area contributed by atoms with Crippen molar-refractivity contribution in [3.8, 4) is 17.5 Å². The third-order valence-electron chi connectivity index (χ3n) is 3.71. The first-order valence-electron chi connectivity index (χ1n) is 8.00. The topological polar surface area (TPSA) is 109 Å². The quantitative estimate of drug-likeness (QED) is 0.686. The molecular weight excluding hydrogens is 364 g/mol. The van der Waals surface area contributed by atoms with Crippen molar-refractivity contribution in [2.24, 2.45) is 4.36 Å². The number of benzene rings is 2. The average Bonchev–Trinajstić information content (AvgIpc) is 3.08. The van der Waals surface area contributed by atoms with Gasteiger partial charge in [-0.3, -0.25) is 4.79 Å². The van der Waals surface area contributed by atoms with Gasteiger partial charge in [-0.2, -0.15) is 14.6 Å². The molecule has 1 aromatic heterocycles. The number of nitriles is 1. The maximum atomic E-state index is 12.7. The number of hydrogen-bond donors (Lipinski definition) is 0. The van der Waals surface area contributed by atoms with Gasteiger partial charge in [0.15, 0.2) is 0 Å². The highest BCUT2D eigenvalue weighted by atomic mass is 32.2. The monoisotopic (exact) mass is 380 g/mol. The van der Waals surface area contributed by atoms with E-state index in [4.69, 9.17) is 9.78 Å². The molecule has 136 valence electrons. The molecule has 0 aliphatic heterocycles. The summed E-state index contributed by atoms with van der Waals surface area (Å²) in [6.07, 6.45) is 1.44. The molecule has 0 radical (unpaired) electrons.